The van der Waals surface area contributed by atoms with Gasteiger partial charge in [-0.3, -0.25) is 14.4 Å². The number of likely N-dealkylation sites (tertiary alicyclic amines) is 1. The van der Waals surface area contributed by atoms with Crippen molar-refractivity contribution in [2.45, 2.75) is 55.3 Å². The number of carbonyl (C=O) groups is 3. The molecule has 7 atom stereocenters. The molecular formula is C28H33N3O4S. The van der Waals surface area contributed by atoms with E-state index >= 15 is 0 Å². The SMILES string of the molecule is CC[C@@H](CO)N1C(=O)[C@@H]2[C@@H](C(=O)Nc3ccccc3)[C@H]3CC(C)C2(S3)C1C(=O)NCc1ccccc1. The van der Waals surface area contributed by atoms with Crippen LogP contribution in [0, 0.1) is 17.8 Å². The highest BCUT2D eigenvalue weighted by molar-refractivity contribution is 8.02. The van der Waals surface area contributed by atoms with Crippen molar-refractivity contribution in [3.63, 3.8) is 0 Å². The number of fused-ring (bicyclic) bond motifs is 1. The van der Waals surface area contributed by atoms with Crippen molar-refractivity contribution >= 4 is 35.2 Å². The van der Waals surface area contributed by atoms with Crippen LogP contribution < -0.4 is 10.6 Å². The Kier molecular flexibility index (Phi) is 6.83. The van der Waals surface area contributed by atoms with Crippen LogP contribution in [0.4, 0.5) is 5.69 Å². The first-order valence-corrected chi connectivity index (χ1v) is 13.6. The lowest BCUT2D eigenvalue weighted by Crippen LogP contribution is -2.58. The molecule has 3 saturated heterocycles. The van der Waals surface area contributed by atoms with Gasteiger partial charge >= 0.3 is 0 Å². The van der Waals surface area contributed by atoms with Crippen molar-refractivity contribution in [1.29, 1.82) is 0 Å². The van der Waals surface area contributed by atoms with Crippen LogP contribution in [0.2, 0.25) is 0 Å². The quantitative estimate of drug-likeness (QED) is 0.510. The second kappa shape index (κ2) is 9.90. The summed E-state index contributed by atoms with van der Waals surface area (Å²) < 4.78 is -0.705. The van der Waals surface area contributed by atoms with Gasteiger partial charge in [-0.25, -0.2) is 0 Å². The molecule has 2 aromatic rings. The summed E-state index contributed by atoms with van der Waals surface area (Å²) in [5.74, 6) is -1.63. The monoisotopic (exact) mass is 507 g/mol. The average Bonchev–Trinajstić information content (AvgIpc) is 3.49. The fourth-order valence-corrected chi connectivity index (χ4v) is 8.90. The third kappa shape index (κ3) is 3.91. The zero-order valence-corrected chi connectivity index (χ0v) is 21.4. The lowest BCUT2D eigenvalue weighted by molar-refractivity contribution is -0.142. The number of rotatable bonds is 8. The molecular weight excluding hydrogens is 474 g/mol. The number of thioether (sulfide) groups is 1. The second-order valence-corrected chi connectivity index (χ2v) is 11.6. The maximum Gasteiger partial charge on any atom is 0.244 e. The van der Waals surface area contributed by atoms with Gasteiger partial charge in [0.2, 0.25) is 17.7 Å². The van der Waals surface area contributed by atoms with Crippen LogP contribution in [0.1, 0.15) is 32.3 Å². The van der Waals surface area contributed by atoms with Gasteiger partial charge in [-0.1, -0.05) is 62.4 Å². The van der Waals surface area contributed by atoms with Gasteiger partial charge in [-0.2, -0.15) is 0 Å². The number of aliphatic hydroxyl groups excluding tert-OH is 1. The van der Waals surface area contributed by atoms with E-state index in [1.165, 1.54) is 0 Å². The summed E-state index contributed by atoms with van der Waals surface area (Å²) in [6, 6.07) is 17.7. The first kappa shape index (κ1) is 24.8. The van der Waals surface area contributed by atoms with Crippen molar-refractivity contribution in [2.75, 3.05) is 11.9 Å². The number of para-hydroxylation sites is 1. The predicted molar refractivity (Wildman–Crippen MR) is 140 cm³/mol. The molecule has 1 spiro atoms. The summed E-state index contributed by atoms with van der Waals surface area (Å²) >= 11 is 1.64. The van der Waals surface area contributed by atoms with E-state index in [4.69, 9.17) is 0 Å². The molecule has 3 unspecified atom stereocenters. The first-order chi connectivity index (χ1) is 17.4. The van der Waals surface area contributed by atoms with Crippen LogP contribution >= 0.6 is 11.8 Å². The van der Waals surface area contributed by atoms with Gasteiger partial charge in [0.1, 0.15) is 6.04 Å². The van der Waals surface area contributed by atoms with E-state index in [-0.39, 0.29) is 35.5 Å². The third-order valence-corrected chi connectivity index (χ3v) is 10.2. The molecule has 8 heteroatoms. The normalized spacial score (nSPS) is 31.2. The Morgan fingerprint density at radius 2 is 1.78 bits per heavy atom. The second-order valence-electron chi connectivity index (χ2n) is 10.1. The molecule has 5 rings (SSSR count). The van der Waals surface area contributed by atoms with Gasteiger partial charge in [-0.05, 0) is 36.5 Å². The molecule has 0 aromatic heterocycles. The fraction of sp³-hybridized carbons (Fsp3) is 0.464. The standard InChI is InChI=1S/C28H33N3O4S/c1-3-20(16-32)31-24(26(34)29-15-18-10-6-4-7-11-18)28-17(2)14-21(36-28)22(23(28)27(31)35)25(33)30-19-12-8-5-9-13-19/h4-13,17,20-24,32H,3,14-16H2,1-2H3,(H,29,34)(H,30,33)/t17?,20-,21+,22-,23-,24?,28?/m0/s1. The molecule has 36 heavy (non-hydrogen) atoms. The summed E-state index contributed by atoms with van der Waals surface area (Å²) in [5, 5.41) is 16.2. The number of hydrogen-bond donors (Lipinski definition) is 3. The number of aliphatic hydroxyl groups is 1. The molecule has 7 nitrogen and oxygen atoms in total. The lowest BCUT2D eigenvalue weighted by atomic mass is 9.66. The Morgan fingerprint density at radius 3 is 2.42 bits per heavy atom. The van der Waals surface area contributed by atoms with Crippen molar-refractivity contribution in [1.82, 2.24) is 10.2 Å². The van der Waals surface area contributed by atoms with Crippen LogP contribution in [0.25, 0.3) is 0 Å². The predicted octanol–water partition coefficient (Wildman–Crippen LogP) is 3.05. The number of carbonyl (C=O) groups excluding carboxylic acids is 3. The summed E-state index contributed by atoms with van der Waals surface area (Å²) in [6.45, 7) is 4.14. The van der Waals surface area contributed by atoms with Crippen LogP contribution in [0.3, 0.4) is 0 Å². The van der Waals surface area contributed by atoms with Crippen LogP contribution in [-0.4, -0.2) is 56.4 Å². The average molecular weight is 508 g/mol. The third-order valence-electron chi connectivity index (χ3n) is 8.16. The Labute approximate surface area is 216 Å². The zero-order chi connectivity index (χ0) is 25.4. The topological polar surface area (TPSA) is 98.7 Å². The smallest absolute Gasteiger partial charge is 0.244 e. The van der Waals surface area contributed by atoms with Crippen LogP contribution in [0.5, 0.6) is 0 Å². The van der Waals surface area contributed by atoms with Crippen LogP contribution in [-0.2, 0) is 20.9 Å². The van der Waals surface area contributed by atoms with Crippen molar-refractivity contribution < 1.29 is 19.5 Å². The molecule has 190 valence electrons. The van der Waals surface area contributed by atoms with E-state index < -0.39 is 28.7 Å². The van der Waals surface area contributed by atoms with Gasteiger partial charge in [0.05, 0.1) is 29.2 Å². The highest BCUT2D eigenvalue weighted by atomic mass is 32.2. The minimum absolute atomic E-state index is 0.0292. The van der Waals surface area contributed by atoms with E-state index in [1.807, 2.05) is 67.6 Å². The van der Waals surface area contributed by atoms with Gasteiger partial charge in [0.25, 0.3) is 0 Å². The minimum Gasteiger partial charge on any atom is -0.394 e. The Morgan fingerprint density at radius 1 is 1.11 bits per heavy atom. The van der Waals surface area contributed by atoms with E-state index in [0.29, 0.717) is 18.7 Å². The number of nitrogens with zero attached hydrogens (tertiary/aromatic N) is 1. The molecule has 3 amide bonds. The Bertz CT molecular complexity index is 1130. The number of benzene rings is 2. The van der Waals surface area contributed by atoms with Crippen molar-refractivity contribution in [3.05, 3.63) is 66.2 Å². The fourth-order valence-electron chi connectivity index (χ4n) is 6.49. The molecule has 2 bridgehead atoms. The number of anilines is 1. The number of amides is 3. The Hall–Kier alpha value is -2.84. The Balaban J connectivity index is 1.49. The van der Waals surface area contributed by atoms with E-state index in [9.17, 15) is 19.5 Å². The molecule has 3 aliphatic heterocycles. The van der Waals surface area contributed by atoms with E-state index in [1.54, 1.807) is 16.7 Å². The van der Waals surface area contributed by atoms with Gasteiger partial charge in [-0.15, -0.1) is 11.8 Å². The molecule has 3 aliphatic rings. The van der Waals surface area contributed by atoms with Crippen molar-refractivity contribution in [2.24, 2.45) is 17.8 Å². The van der Waals surface area contributed by atoms with Gasteiger partial charge in [0.15, 0.2) is 0 Å². The molecule has 0 aliphatic carbocycles. The maximum absolute atomic E-state index is 14.1. The largest absolute Gasteiger partial charge is 0.394 e. The molecule has 3 N–H and O–H groups in total. The van der Waals surface area contributed by atoms with Gasteiger partial charge in [0, 0.05) is 17.5 Å². The minimum atomic E-state index is -0.740. The first-order valence-electron chi connectivity index (χ1n) is 12.7. The summed E-state index contributed by atoms with van der Waals surface area (Å²) in [4.78, 5) is 43.1. The van der Waals surface area contributed by atoms with Crippen LogP contribution in [0.15, 0.2) is 60.7 Å². The summed E-state index contributed by atoms with van der Waals surface area (Å²) in [6.07, 6.45) is 1.30. The number of nitrogens with one attached hydrogen (secondary N) is 2. The summed E-state index contributed by atoms with van der Waals surface area (Å²) in [7, 11) is 0. The number of hydrogen-bond acceptors (Lipinski definition) is 5. The molecule has 0 saturated carbocycles. The van der Waals surface area contributed by atoms with Gasteiger partial charge < -0.3 is 20.6 Å². The molecule has 3 heterocycles. The summed E-state index contributed by atoms with van der Waals surface area (Å²) in [5.41, 5.74) is 1.67. The van der Waals surface area contributed by atoms with E-state index in [0.717, 1.165) is 12.0 Å². The highest BCUT2D eigenvalue weighted by Gasteiger charge is 2.76. The highest BCUT2D eigenvalue weighted by Crippen LogP contribution is 2.68. The molecule has 0 radical (unpaired) electrons. The van der Waals surface area contributed by atoms with Crippen molar-refractivity contribution in [3.8, 4) is 0 Å². The van der Waals surface area contributed by atoms with E-state index in [2.05, 4.69) is 17.6 Å². The molecule has 2 aromatic carbocycles. The maximum atomic E-state index is 14.1. The molecule has 3 fully saturated rings. The lowest BCUT2D eigenvalue weighted by Gasteiger charge is -2.40. The zero-order valence-electron chi connectivity index (χ0n) is 20.6.